The quantitative estimate of drug-likeness (QED) is 0.655. The van der Waals surface area contributed by atoms with E-state index in [1.807, 2.05) is 0 Å². The second-order valence-electron chi connectivity index (χ2n) is 5.64. The van der Waals surface area contributed by atoms with Crippen molar-refractivity contribution in [2.24, 2.45) is 0 Å². The number of likely N-dealkylation sites (N-methyl/N-ethyl adjacent to an activating group) is 1. The second-order valence-corrected chi connectivity index (χ2v) is 5.64. The van der Waals surface area contributed by atoms with Crippen molar-refractivity contribution >= 4 is 29.6 Å². The number of nitrogens with zero attached hydrogens (tertiary/aromatic N) is 1. The lowest BCUT2D eigenvalue weighted by atomic mass is 10.1. The Hall–Kier alpha value is -2.94. The normalized spacial score (nSPS) is 10.3. The molecule has 0 aliphatic rings. The molecule has 1 aromatic carbocycles. The summed E-state index contributed by atoms with van der Waals surface area (Å²) in [6.07, 6.45) is -0.821. The van der Waals surface area contributed by atoms with Gasteiger partial charge in [0, 0.05) is 5.69 Å². The lowest BCUT2D eigenvalue weighted by molar-refractivity contribution is -0.122. The van der Waals surface area contributed by atoms with Gasteiger partial charge in [0.15, 0.2) is 0 Å². The van der Waals surface area contributed by atoms with E-state index in [1.54, 1.807) is 37.8 Å². The Morgan fingerprint density at radius 3 is 2.33 bits per heavy atom. The molecule has 2 N–H and O–H groups in total. The van der Waals surface area contributed by atoms with Gasteiger partial charge in [-0.15, -0.1) is 0 Å². The molecule has 0 aliphatic heterocycles. The minimum Gasteiger partial charge on any atom is -0.465 e. The van der Waals surface area contributed by atoms with Gasteiger partial charge in [-0.3, -0.25) is 19.8 Å². The van der Waals surface area contributed by atoms with Gasteiger partial charge in [0.05, 0.1) is 32.4 Å². The molecule has 0 bridgehead atoms. The largest absolute Gasteiger partial charge is 0.465 e. The summed E-state index contributed by atoms with van der Waals surface area (Å²) in [5, 5.41) is 4.80. The highest BCUT2D eigenvalue weighted by Crippen LogP contribution is 2.17. The first-order chi connectivity index (χ1) is 12.8. The Kier molecular flexibility index (Phi) is 8.94. The molecule has 0 heterocycles. The van der Waals surface area contributed by atoms with Crippen LogP contribution < -0.4 is 10.6 Å². The Bertz CT molecular complexity index is 704. The number of carbonyl (C=O) groups is 4. The summed E-state index contributed by atoms with van der Waals surface area (Å²) in [7, 11) is 1.28. The van der Waals surface area contributed by atoms with E-state index in [1.165, 1.54) is 13.2 Å². The zero-order valence-electron chi connectivity index (χ0n) is 16.0. The fraction of sp³-hybridized carbons (Fsp3) is 0.444. The number of benzene rings is 1. The van der Waals surface area contributed by atoms with Crippen molar-refractivity contribution in [2.75, 3.05) is 38.7 Å². The van der Waals surface area contributed by atoms with Gasteiger partial charge >= 0.3 is 12.1 Å². The van der Waals surface area contributed by atoms with Crippen LogP contribution in [0.5, 0.6) is 0 Å². The van der Waals surface area contributed by atoms with Crippen LogP contribution in [0.15, 0.2) is 18.2 Å². The molecular weight excluding hydrogens is 354 g/mol. The smallest absolute Gasteiger partial charge is 0.413 e. The van der Waals surface area contributed by atoms with Crippen LogP contribution in [0.3, 0.4) is 0 Å². The van der Waals surface area contributed by atoms with Gasteiger partial charge in [-0.05, 0) is 38.1 Å². The van der Waals surface area contributed by atoms with Crippen LogP contribution in [0, 0.1) is 6.92 Å². The number of alkyl carbamates (subject to hydrolysis) is 1. The molecule has 1 aromatic rings. The third-order valence-electron chi connectivity index (χ3n) is 3.63. The number of amides is 3. The van der Waals surface area contributed by atoms with Crippen LogP contribution in [-0.2, 0) is 19.1 Å². The summed E-state index contributed by atoms with van der Waals surface area (Å²) < 4.78 is 9.30. The lowest BCUT2D eigenvalue weighted by Gasteiger charge is -2.19. The van der Waals surface area contributed by atoms with Crippen LogP contribution in [0.1, 0.15) is 29.8 Å². The molecule has 0 saturated carbocycles. The summed E-state index contributed by atoms with van der Waals surface area (Å²) in [4.78, 5) is 48.5. The lowest BCUT2D eigenvalue weighted by Crippen LogP contribution is -2.43. The van der Waals surface area contributed by atoms with E-state index in [4.69, 9.17) is 0 Å². The van der Waals surface area contributed by atoms with E-state index in [2.05, 4.69) is 20.1 Å². The fourth-order valence-corrected chi connectivity index (χ4v) is 2.20. The molecule has 148 valence electrons. The van der Waals surface area contributed by atoms with Gasteiger partial charge in [0.2, 0.25) is 11.8 Å². The zero-order chi connectivity index (χ0) is 20.4. The van der Waals surface area contributed by atoms with Gasteiger partial charge < -0.3 is 14.8 Å². The summed E-state index contributed by atoms with van der Waals surface area (Å²) >= 11 is 0. The molecule has 0 aliphatic carbocycles. The first-order valence-electron chi connectivity index (χ1n) is 8.48. The highest BCUT2D eigenvalue weighted by molar-refractivity contribution is 5.97. The molecule has 0 spiro atoms. The molecule has 0 aromatic heterocycles. The summed E-state index contributed by atoms with van der Waals surface area (Å²) in [6.45, 7) is 5.59. The van der Waals surface area contributed by atoms with Crippen molar-refractivity contribution in [2.45, 2.75) is 20.8 Å². The molecule has 0 radical (unpaired) electrons. The van der Waals surface area contributed by atoms with Gasteiger partial charge in [-0.25, -0.2) is 9.59 Å². The van der Waals surface area contributed by atoms with Crippen molar-refractivity contribution < 1.29 is 28.7 Å². The summed E-state index contributed by atoms with van der Waals surface area (Å²) in [5.41, 5.74) is 1.58. The van der Waals surface area contributed by atoms with Gasteiger partial charge in [0.1, 0.15) is 0 Å². The minimum absolute atomic E-state index is 0.0609. The van der Waals surface area contributed by atoms with E-state index in [0.717, 1.165) is 5.56 Å². The maximum atomic E-state index is 12.3. The number of hydrogen-bond donors (Lipinski definition) is 2. The van der Waals surface area contributed by atoms with Gasteiger partial charge in [-0.1, -0.05) is 13.0 Å². The molecule has 0 saturated heterocycles. The predicted octanol–water partition coefficient (Wildman–Crippen LogP) is 1.31. The van der Waals surface area contributed by atoms with E-state index >= 15 is 0 Å². The first-order valence-corrected chi connectivity index (χ1v) is 8.48. The number of esters is 1. The molecule has 0 unspecified atom stereocenters. The third-order valence-corrected chi connectivity index (χ3v) is 3.63. The van der Waals surface area contributed by atoms with Crippen LogP contribution >= 0.6 is 0 Å². The van der Waals surface area contributed by atoms with Crippen LogP contribution in [0.25, 0.3) is 0 Å². The van der Waals surface area contributed by atoms with E-state index in [9.17, 15) is 19.2 Å². The molecule has 0 fully saturated rings. The molecular formula is C18H25N3O6. The molecule has 3 amide bonds. The van der Waals surface area contributed by atoms with Crippen molar-refractivity contribution in [1.82, 2.24) is 10.2 Å². The van der Waals surface area contributed by atoms with Gasteiger partial charge in [-0.2, -0.15) is 0 Å². The standard InChI is InChI=1S/C18H25N3O6/c1-5-21(11-16(23)20-18(25)27-6-2)10-15(22)19-14-9-13(17(24)26-4)8-7-12(14)3/h7-9H,5-6,10-11H2,1-4H3,(H,19,22)(H,20,23,25). The summed E-state index contributed by atoms with van der Waals surface area (Å²) in [5.74, 6) is -1.42. The molecule has 1 rings (SSSR count). The number of nitrogens with one attached hydrogen (secondary N) is 2. The number of imide groups is 1. The SMILES string of the molecule is CCOC(=O)NC(=O)CN(CC)CC(=O)Nc1cc(C(=O)OC)ccc1C. The minimum atomic E-state index is -0.821. The molecule has 0 atom stereocenters. The molecule has 9 nitrogen and oxygen atoms in total. The maximum Gasteiger partial charge on any atom is 0.413 e. The first kappa shape index (κ1) is 22.1. The number of anilines is 1. The number of hydrogen-bond acceptors (Lipinski definition) is 7. The second kappa shape index (κ2) is 10.9. The summed E-state index contributed by atoms with van der Waals surface area (Å²) in [6, 6.07) is 4.84. The number of carbonyl (C=O) groups excluding carboxylic acids is 4. The maximum absolute atomic E-state index is 12.3. The average Bonchev–Trinajstić information content (AvgIpc) is 2.62. The number of ether oxygens (including phenoxy) is 2. The third kappa shape index (κ3) is 7.45. The van der Waals surface area contributed by atoms with Crippen molar-refractivity contribution in [3.8, 4) is 0 Å². The van der Waals surface area contributed by atoms with Gasteiger partial charge in [0.25, 0.3) is 0 Å². The van der Waals surface area contributed by atoms with Crippen LogP contribution in [-0.4, -0.2) is 62.1 Å². The van der Waals surface area contributed by atoms with E-state index in [0.29, 0.717) is 17.8 Å². The van der Waals surface area contributed by atoms with Crippen LogP contribution in [0.4, 0.5) is 10.5 Å². The van der Waals surface area contributed by atoms with E-state index in [-0.39, 0.29) is 25.6 Å². The molecule has 27 heavy (non-hydrogen) atoms. The van der Waals surface area contributed by atoms with Crippen molar-refractivity contribution in [3.05, 3.63) is 29.3 Å². The highest BCUT2D eigenvalue weighted by atomic mass is 16.5. The average molecular weight is 379 g/mol. The number of rotatable bonds is 8. The number of aryl methyl sites for hydroxylation is 1. The Balaban J connectivity index is 2.67. The zero-order valence-corrected chi connectivity index (χ0v) is 16.0. The topological polar surface area (TPSA) is 114 Å². The highest BCUT2D eigenvalue weighted by Gasteiger charge is 2.16. The number of methoxy groups -OCH3 is 1. The van der Waals surface area contributed by atoms with Crippen molar-refractivity contribution in [3.63, 3.8) is 0 Å². The van der Waals surface area contributed by atoms with E-state index < -0.39 is 18.0 Å². The molecule has 9 heteroatoms. The van der Waals surface area contributed by atoms with Crippen molar-refractivity contribution in [1.29, 1.82) is 0 Å². The van der Waals surface area contributed by atoms with Crippen LogP contribution in [0.2, 0.25) is 0 Å². The monoisotopic (exact) mass is 379 g/mol. The Morgan fingerprint density at radius 1 is 1.07 bits per heavy atom. The predicted molar refractivity (Wildman–Crippen MR) is 98.4 cm³/mol. The Labute approximate surface area is 158 Å². The Morgan fingerprint density at radius 2 is 1.74 bits per heavy atom. The fourth-order valence-electron chi connectivity index (χ4n) is 2.20.